The van der Waals surface area contributed by atoms with E-state index in [4.69, 9.17) is 9.11 Å². The molecule has 14 nitrogen and oxygen atoms in total. The lowest BCUT2D eigenvalue weighted by Gasteiger charge is -2.31. The van der Waals surface area contributed by atoms with Crippen molar-refractivity contribution in [3.8, 4) is 22.6 Å². The minimum Gasteiger partial charge on any atom is -0.507 e. The van der Waals surface area contributed by atoms with Crippen molar-refractivity contribution in [2.24, 2.45) is 21.8 Å². The summed E-state index contributed by atoms with van der Waals surface area (Å²) in [4.78, 5) is 35.0. The second-order valence-corrected chi connectivity index (χ2v) is 16.1. The molecule has 0 saturated carbocycles. The first-order valence-electron chi connectivity index (χ1n) is 15.7. The third-order valence-corrected chi connectivity index (χ3v) is 10.1. The topological polar surface area (TPSA) is 249 Å². The molecular weight excluding hydrogens is 693 g/mol. The van der Waals surface area contributed by atoms with Crippen molar-refractivity contribution in [3.05, 3.63) is 57.0 Å². The molecule has 50 heavy (non-hydrogen) atoms. The van der Waals surface area contributed by atoms with Gasteiger partial charge in [0.25, 0.3) is 20.2 Å². The number of hydrogen-bond acceptors (Lipinski definition) is 12. The van der Waals surface area contributed by atoms with Gasteiger partial charge in [0.1, 0.15) is 11.5 Å². The van der Waals surface area contributed by atoms with E-state index in [9.17, 15) is 46.9 Å². The van der Waals surface area contributed by atoms with Crippen molar-refractivity contribution in [2.45, 2.75) is 53.4 Å². The van der Waals surface area contributed by atoms with Crippen LogP contribution in [0.5, 0.6) is 11.5 Å². The third-order valence-electron chi connectivity index (χ3n) is 8.69. The van der Waals surface area contributed by atoms with Gasteiger partial charge in [0.2, 0.25) is 11.6 Å². The fraction of sp³-hybridized carbons (Fsp3) is 0.412. The molecule has 2 unspecified atom stereocenters. The highest BCUT2D eigenvalue weighted by atomic mass is 32.2. The molecule has 0 saturated heterocycles. The highest BCUT2D eigenvalue weighted by molar-refractivity contribution is 7.86. The molecule has 0 aromatic heterocycles. The van der Waals surface area contributed by atoms with E-state index < -0.39 is 91.3 Å². The van der Waals surface area contributed by atoms with Crippen LogP contribution in [0.1, 0.15) is 72.9 Å². The molecule has 2 aromatic carbocycles. The number of benzene rings is 2. The molecule has 0 radical (unpaired) electrons. The normalized spacial score (nSPS) is 18.7. The Kier molecular flexibility index (Phi) is 10.8. The minimum atomic E-state index is -4.37. The molecule has 0 heterocycles. The Hall–Kier alpha value is -4.38. The van der Waals surface area contributed by atoms with Crippen molar-refractivity contribution >= 4 is 55.4 Å². The second kappa shape index (κ2) is 14.1. The van der Waals surface area contributed by atoms with Gasteiger partial charge in [0.05, 0.1) is 36.4 Å². The zero-order valence-electron chi connectivity index (χ0n) is 28.3. The van der Waals surface area contributed by atoms with Crippen LogP contribution in [0, 0.1) is 25.7 Å². The number of fused-ring (bicyclic) bond motifs is 2. The van der Waals surface area contributed by atoms with Crippen LogP contribution in [0.2, 0.25) is 0 Å². The van der Waals surface area contributed by atoms with E-state index in [1.54, 1.807) is 53.7 Å². The number of carbonyl (C=O) groups excluding carboxylic acids is 2. The van der Waals surface area contributed by atoms with E-state index in [0.717, 1.165) is 12.4 Å². The molecule has 2 aromatic rings. The Morgan fingerprint density at radius 2 is 0.980 bits per heavy atom. The lowest BCUT2D eigenvalue weighted by atomic mass is 9.73. The van der Waals surface area contributed by atoms with E-state index in [1.165, 1.54) is 0 Å². The number of aliphatic imine (C=N–C) groups is 2. The Balaban J connectivity index is 2.03. The van der Waals surface area contributed by atoms with Gasteiger partial charge in [-0.25, -0.2) is 0 Å². The molecule has 0 bridgehead atoms. The summed E-state index contributed by atoms with van der Waals surface area (Å²) in [6, 6.07) is 3.26. The number of Topliss-reactive ketones (excluding diaryl/α,β-unsaturated/α-hetero) is 2. The first-order chi connectivity index (χ1) is 23.1. The van der Waals surface area contributed by atoms with Crippen LogP contribution in [0.15, 0.2) is 33.6 Å². The quantitative estimate of drug-likeness (QED) is 0.138. The average molecular weight is 733 g/mol. The average Bonchev–Trinajstić information content (AvgIpc) is 2.97. The Morgan fingerprint density at radius 1 is 0.660 bits per heavy atom. The van der Waals surface area contributed by atoms with Gasteiger partial charge in [-0.15, -0.1) is 0 Å². The zero-order chi connectivity index (χ0) is 37.6. The number of aliphatic hydroxyl groups excluding tert-OH is 2. The number of phenolic OH excluding ortho intramolecular Hbond substituents is 2. The number of nitrogens with zero attached hydrogens (tertiary/aromatic N) is 2. The number of phenols is 2. The molecule has 6 N–H and O–H groups in total. The van der Waals surface area contributed by atoms with Crippen LogP contribution in [0.4, 0.5) is 0 Å². The van der Waals surface area contributed by atoms with Crippen molar-refractivity contribution in [1.82, 2.24) is 0 Å². The standard InChI is InChI=1S/C34H40N2O12S2/c1-15(2)23-19-11-17(5)25(31(39)27(19)21(29(37)33(23)41)13-35-7-9-49(43,44)45)26-18(6)12-20-24(16(3)4)34(42)30(38)22(28(20)32(26)40)14-36-8-10-50(46,47)48/h11-16,21-22,39-42H,7-10H2,1-6H3,(H,43,44,45)(H,46,47,48). The number of allylic oxidation sites excluding steroid dienone is 4. The SMILES string of the molecule is Cc1cc2c(c(O)c1-c1c(C)cc3c(c1O)C(C=NCCS(=O)(=O)O)C(=O)C(O)=C3C(C)C)C(C=NCCS(=O)(=O)O)C(=O)C(O)=C2C(C)C. The lowest BCUT2D eigenvalue weighted by molar-refractivity contribution is -0.118. The van der Waals surface area contributed by atoms with Crippen LogP contribution in [-0.4, -0.2) is 95.0 Å². The summed E-state index contributed by atoms with van der Waals surface area (Å²) in [5, 5.41) is 46.0. The molecule has 0 spiro atoms. The largest absolute Gasteiger partial charge is 0.507 e. The number of aliphatic hydroxyl groups is 2. The van der Waals surface area contributed by atoms with E-state index >= 15 is 0 Å². The Labute approximate surface area is 290 Å². The molecule has 0 aliphatic heterocycles. The maximum atomic E-state index is 13.5. The number of hydrogen-bond donors (Lipinski definition) is 6. The number of ketones is 2. The van der Waals surface area contributed by atoms with E-state index in [1.807, 2.05) is 0 Å². The predicted octanol–water partition coefficient (Wildman–Crippen LogP) is 4.48. The number of rotatable bonds is 11. The summed E-state index contributed by atoms with van der Waals surface area (Å²) in [7, 11) is -8.73. The Bertz CT molecular complexity index is 1970. The molecule has 4 rings (SSSR count). The first kappa shape index (κ1) is 38.4. The molecule has 0 amide bonds. The Morgan fingerprint density at radius 3 is 1.26 bits per heavy atom. The molecule has 2 aliphatic rings. The fourth-order valence-corrected chi connectivity index (χ4v) is 7.24. The minimum absolute atomic E-state index is 0.0315. The number of aryl methyl sites for hydroxylation is 2. The van der Waals surface area contributed by atoms with Gasteiger partial charge >= 0.3 is 0 Å². The van der Waals surface area contributed by atoms with Crippen LogP contribution in [-0.2, 0) is 29.8 Å². The summed E-state index contributed by atoms with van der Waals surface area (Å²) >= 11 is 0. The van der Waals surface area contributed by atoms with Gasteiger partial charge in [0.15, 0.2) is 11.5 Å². The summed E-state index contributed by atoms with van der Waals surface area (Å²) in [6.07, 6.45) is 2.16. The molecule has 0 fully saturated rings. The monoisotopic (exact) mass is 732 g/mol. The van der Waals surface area contributed by atoms with Crippen LogP contribution in [0.25, 0.3) is 22.3 Å². The van der Waals surface area contributed by atoms with E-state index in [-0.39, 0.29) is 45.2 Å². The molecule has 270 valence electrons. The van der Waals surface area contributed by atoms with Gasteiger partial charge in [0, 0.05) is 45.8 Å². The molecular formula is C34H40N2O12S2. The van der Waals surface area contributed by atoms with Gasteiger partial charge in [-0.05, 0) is 47.9 Å². The summed E-state index contributed by atoms with van der Waals surface area (Å²) < 4.78 is 63.1. The molecule has 2 aliphatic carbocycles. The van der Waals surface area contributed by atoms with Crippen molar-refractivity contribution < 1.29 is 56.0 Å². The lowest BCUT2D eigenvalue weighted by Crippen LogP contribution is -2.26. The second-order valence-electron chi connectivity index (χ2n) is 13.0. The first-order valence-corrected chi connectivity index (χ1v) is 18.9. The number of aromatic hydroxyl groups is 2. The maximum absolute atomic E-state index is 13.5. The third kappa shape index (κ3) is 7.38. The zero-order valence-corrected chi connectivity index (χ0v) is 29.9. The van der Waals surface area contributed by atoms with Crippen molar-refractivity contribution in [1.29, 1.82) is 0 Å². The van der Waals surface area contributed by atoms with Gasteiger partial charge < -0.3 is 20.4 Å². The molecule has 16 heteroatoms. The molecule has 2 atom stereocenters. The van der Waals surface area contributed by atoms with Gasteiger partial charge in [-0.1, -0.05) is 39.8 Å². The van der Waals surface area contributed by atoms with Gasteiger partial charge in [-0.2, -0.15) is 16.8 Å². The van der Waals surface area contributed by atoms with Crippen molar-refractivity contribution in [2.75, 3.05) is 24.6 Å². The predicted molar refractivity (Wildman–Crippen MR) is 189 cm³/mol. The summed E-state index contributed by atoms with van der Waals surface area (Å²) in [5.41, 5.74) is 2.18. The van der Waals surface area contributed by atoms with Crippen LogP contribution in [0.3, 0.4) is 0 Å². The number of carbonyl (C=O) groups is 2. The smallest absolute Gasteiger partial charge is 0.266 e. The summed E-state index contributed by atoms with van der Waals surface area (Å²) in [6.45, 7) is 9.42. The van der Waals surface area contributed by atoms with Gasteiger partial charge in [-0.3, -0.25) is 28.7 Å². The fourth-order valence-electron chi connectivity index (χ4n) is 6.56. The van der Waals surface area contributed by atoms with E-state index in [0.29, 0.717) is 22.3 Å². The highest BCUT2D eigenvalue weighted by Gasteiger charge is 2.41. The highest BCUT2D eigenvalue weighted by Crippen LogP contribution is 2.53. The summed E-state index contributed by atoms with van der Waals surface area (Å²) in [5.74, 6) is -8.66. The maximum Gasteiger partial charge on any atom is 0.266 e. The van der Waals surface area contributed by atoms with Crippen LogP contribution < -0.4 is 0 Å². The van der Waals surface area contributed by atoms with Crippen LogP contribution >= 0.6 is 0 Å². The van der Waals surface area contributed by atoms with Crippen molar-refractivity contribution in [3.63, 3.8) is 0 Å². The van der Waals surface area contributed by atoms with E-state index in [2.05, 4.69) is 9.98 Å².